The van der Waals surface area contributed by atoms with E-state index in [4.69, 9.17) is 4.74 Å². The first-order valence-corrected chi connectivity index (χ1v) is 7.41. The van der Waals surface area contributed by atoms with Crippen LogP contribution in [0.3, 0.4) is 0 Å². The van der Waals surface area contributed by atoms with E-state index < -0.39 is 0 Å². The van der Waals surface area contributed by atoms with Gasteiger partial charge in [-0.05, 0) is 30.9 Å². The molecule has 1 N–H and O–H groups in total. The van der Waals surface area contributed by atoms with Gasteiger partial charge in [-0.15, -0.1) is 0 Å². The van der Waals surface area contributed by atoms with Gasteiger partial charge in [0.15, 0.2) is 0 Å². The highest BCUT2D eigenvalue weighted by Gasteiger charge is 2.24. The van der Waals surface area contributed by atoms with E-state index >= 15 is 0 Å². The molecule has 2 rings (SSSR count). The predicted octanol–water partition coefficient (Wildman–Crippen LogP) is 2.80. The average molecular weight is 262 g/mol. The van der Waals surface area contributed by atoms with Gasteiger partial charge in [0.2, 0.25) is 0 Å². The lowest BCUT2D eigenvalue weighted by atomic mass is 10.1. The first-order valence-electron chi connectivity index (χ1n) is 7.41. The second kappa shape index (κ2) is 7.51. The molecule has 0 aromatic heterocycles. The van der Waals surface area contributed by atoms with Gasteiger partial charge < -0.3 is 15.0 Å². The summed E-state index contributed by atoms with van der Waals surface area (Å²) in [6.07, 6.45) is 3.90. The maximum Gasteiger partial charge on any atom is 0.0587 e. The van der Waals surface area contributed by atoms with Crippen molar-refractivity contribution < 1.29 is 4.74 Å². The van der Waals surface area contributed by atoms with E-state index in [1.165, 1.54) is 37.1 Å². The van der Waals surface area contributed by atoms with Crippen LogP contribution in [0, 0.1) is 0 Å². The van der Waals surface area contributed by atoms with Gasteiger partial charge >= 0.3 is 0 Å². The molecule has 106 valence electrons. The molecule has 0 amide bonds. The van der Waals surface area contributed by atoms with Crippen molar-refractivity contribution in [3.05, 3.63) is 29.8 Å². The van der Waals surface area contributed by atoms with Crippen LogP contribution in [0.1, 0.15) is 31.7 Å². The molecule has 1 atom stereocenters. The van der Waals surface area contributed by atoms with Crippen LogP contribution in [0.2, 0.25) is 0 Å². The number of methoxy groups -OCH3 is 1. The average Bonchev–Trinajstić information content (AvgIpc) is 2.92. The lowest BCUT2D eigenvalue weighted by molar-refractivity contribution is 0.199. The van der Waals surface area contributed by atoms with E-state index in [0.29, 0.717) is 0 Å². The molecule has 1 heterocycles. The number of ether oxygens (including phenoxy) is 1. The molecule has 0 bridgehead atoms. The van der Waals surface area contributed by atoms with Gasteiger partial charge in [-0.2, -0.15) is 0 Å². The Labute approximate surface area is 116 Å². The molecule has 19 heavy (non-hydrogen) atoms. The summed E-state index contributed by atoms with van der Waals surface area (Å²) in [5.41, 5.74) is 2.82. The minimum Gasteiger partial charge on any atom is -0.383 e. The zero-order chi connectivity index (χ0) is 13.5. The summed E-state index contributed by atoms with van der Waals surface area (Å²) in [6, 6.07) is 9.51. The molecule has 0 radical (unpaired) electrons. The van der Waals surface area contributed by atoms with Crippen molar-refractivity contribution in [1.82, 2.24) is 5.32 Å². The van der Waals surface area contributed by atoms with Crippen LogP contribution in [0.25, 0.3) is 0 Å². The summed E-state index contributed by atoms with van der Waals surface area (Å²) in [4.78, 5) is 2.59. The Morgan fingerprint density at radius 1 is 1.37 bits per heavy atom. The number of hydrogen-bond acceptors (Lipinski definition) is 3. The van der Waals surface area contributed by atoms with Crippen LogP contribution in [0.4, 0.5) is 5.69 Å². The highest BCUT2D eigenvalue weighted by Crippen LogP contribution is 2.29. The van der Waals surface area contributed by atoms with E-state index in [9.17, 15) is 0 Å². The van der Waals surface area contributed by atoms with Gasteiger partial charge in [-0.1, -0.05) is 25.1 Å². The summed E-state index contributed by atoms with van der Waals surface area (Å²) in [5.74, 6) is 0. The summed E-state index contributed by atoms with van der Waals surface area (Å²) < 4.78 is 5.07. The molecule has 1 saturated heterocycles. The van der Waals surface area contributed by atoms with Crippen molar-refractivity contribution in [2.75, 3.05) is 31.7 Å². The molecule has 0 spiro atoms. The quantitative estimate of drug-likeness (QED) is 0.765. The maximum atomic E-state index is 5.07. The molecule has 1 unspecified atom stereocenters. The number of para-hydroxylation sites is 1. The van der Waals surface area contributed by atoms with Gasteiger partial charge in [0.1, 0.15) is 0 Å². The summed E-state index contributed by atoms with van der Waals surface area (Å²) >= 11 is 0. The molecular weight excluding hydrogens is 236 g/mol. The first-order chi connectivity index (χ1) is 9.36. The lowest BCUT2D eigenvalue weighted by Gasteiger charge is -2.28. The second-order valence-corrected chi connectivity index (χ2v) is 5.20. The third kappa shape index (κ3) is 3.71. The van der Waals surface area contributed by atoms with Crippen LogP contribution in [0.5, 0.6) is 0 Å². The molecule has 3 heteroatoms. The van der Waals surface area contributed by atoms with Crippen molar-refractivity contribution in [1.29, 1.82) is 0 Å². The third-order valence-corrected chi connectivity index (χ3v) is 3.95. The van der Waals surface area contributed by atoms with Crippen LogP contribution < -0.4 is 10.2 Å². The Morgan fingerprint density at radius 2 is 2.21 bits per heavy atom. The van der Waals surface area contributed by atoms with Gasteiger partial charge in [0.05, 0.1) is 6.61 Å². The minimum atomic E-state index is 0.722. The number of nitrogens with one attached hydrogen (secondary N) is 1. The fraction of sp³-hybridized carbons (Fsp3) is 0.625. The Hall–Kier alpha value is -1.06. The summed E-state index contributed by atoms with van der Waals surface area (Å²) in [5, 5.41) is 3.45. The Bertz CT molecular complexity index is 381. The van der Waals surface area contributed by atoms with Crippen molar-refractivity contribution in [3.8, 4) is 0 Å². The Kier molecular flexibility index (Phi) is 5.67. The highest BCUT2D eigenvalue weighted by molar-refractivity contribution is 5.55. The van der Waals surface area contributed by atoms with Gasteiger partial charge in [0, 0.05) is 38.5 Å². The summed E-state index contributed by atoms with van der Waals surface area (Å²) in [7, 11) is 1.74. The van der Waals surface area contributed by atoms with Crippen molar-refractivity contribution in [2.45, 2.75) is 38.8 Å². The van der Waals surface area contributed by atoms with Crippen LogP contribution in [-0.4, -0.2) is 32.8 Å². The van der Waals surface area contributed by atoms with E-state index in [-0.39, 0.29) is 0 Å². The molecule has 0 aliphatic carbocycles. The smallest absolute Gasteiger partial charge is 0.0587 e. The van der Waals surface area contributed by atoms with Crippen LogP contribution >= 0.6 is 0 Å². The molecule has 0 saturated carbocycles. The third-order valence-electron chi connectivity index (χ3n) is 3.95. The first kappa shape index (κ1) is 14.4. The predicted molar refractivity (Wildman–Crippen MR) is 80.7 cm³/mol. The summed E-state index contributed by atoms with van der Waals surface area (Å²) in [6.45, 7) is 6.09. The maximum absolute atomic E-state index is 5.07. The van der Waals surface area contributed by atoms with Gasteiger partial charge in [0.25, 0.3) is 0 Å². The van der Waals surface area contributed by atoms with Crippen LogP contribution in [0.15, 0.2) is 24.3 Å². The van der Waals surface area contributed by atoms with Gasteiger partial charge in [-0.3, -0.25) is 0 Å². The molecule has 3 nitrogen and oxygen atoms in total. The van der Waals surface area contributed by atoms with E-state index in [0.717, 1.165) is 25.7 Å². The zero-order valence-corrected chi connectivity index (χ0v) is 12.2. The molecule has 1 aromatic carbocycles. The monoisotopic (exact) mass is 262 g/mol. The van der Waals surface area contributed by atoms with Crippen LogP contribution in [-0.2, 0) is 11.3 Å². The normalized spacial score (nSPS) is 19.1. The lowest BCUT2D eigenvalue weighted by Crippen LogP contribution is -2.30. The molecule has 1 aliphatic rings. The fourth-order valence-electron chi connectivity index (χ4n) is 2.92. The van der Waals surface area contributed by atoms with E-state index in [1.807, 2.05) is 0 Å². The Morgan fingerprint density at radius 3 is 3.00 bits per heavy atom. The number of anilines is 1. The molecule has 1 aliphatic heterocycles. The molecule has 1 aromatic rings. The number of benzene rings is 1. The largest absolute Gasteiger partial charge is 0.383 e. The standard InChI is InChI=1S/C16H26N2O/c1-3-15-8-6-11-18(15)16-9-5-4-7-14(16)13-17-10-12-19-2/h4-5,7,9,15,17H,3,6,8,10-13H2,1-2H3. The number of hydrogen-bond donors (Lipinski definition) is 1. The minimum absolute atomic E-state index is 0.722. The second-order valence-electron chi connectivity index (χ2n) is 5.20. The topological polar surface area (TPSA) is 24.5 Å². The zero-order valence-electron chi connectivity index (χ0n) is 12.2. The van der Waals surface area contributed by atoms with Crippen molar-refractivity contribution in [2.24, 2.45) is 0 Å². The van der Waals surface area contributed by atoms with E-state index in [2.05, 4.69) is 41.4 Å². The van der Waals surface area contributed by atoms with Gasteiger partial charge in [-0.25, -0.2) is 0 Å². The number of rotatable bonds is 7. The Balaban J connectivity index is 2.03. The fourth-order valence-corrected chi connectivity index (χ4v) is 2.92. The highest BCUT2D eigenvalue weighted by atomic mass is 16.5. The van der Waals surface area contributed by atoms with E-state index in [1.54, 1.807) is 7.11 Å². The van der Waals surface area contributed by atoms with Crippen molar-refractivity contribution in [3.63, 3.8) is 0 Å². The SMILES string of the molecule is CCC1CCCN1c1ccccc1CNCCOC. The number of nitrogens with zero attached hydrogens (tertiary/aromatic N) is 1. The molecular formula is C16H26N2O. The molecule has 1 fully saturated rings. The van der Waals surface area contributed by atoms with Crippen molar-refractivity contribution >= 4 is 5.69 Å².